The number of hydrogen-bond donors (Lipinski definition) is 2. The predicted molar refractivity (Wildman–Crippen MR) is 60.6 cm³/mol. The smallest absolute Gasteiger partial charge is 0.253 e. The molecule has 0 saturated heterocycles. The zero-order valence-electron chi connectivity index (χ0n) is 8.99. The first kappa shape index (κ1) is 11.5. The summed E-state index contributed by atoms with van der Waals surface area (Å²) >= 11 is 0. The van der Waals surface area contributed by atoms with Crippen molar-refractivity contribution in [3.05, 3.63) is 24.3 Å². The number of nitrogens with one attached hydrogen (secondary N) is 1. The SMILES string of the molecule is CCOC(C)C(=O)Nc1cccc(N)c1. The molecular weight excluding hydrogens is 192 g/mol. The summed E-state index contributed by atoms with van der Waals surface area (Å²) in [5.41, 5.74) is 6.90. The van der Waals surface area contributed by atoms with Crippen molar-refractivity contribution in [3.63, 3.8) is 0 Å². The lowest BCUT2D eigenvalue weighted by molar-refractivity contribution is -0.126. The highest BCUT2D eigenvalue weighted by Crippen LogP contribution is 2.12. The first-order valence-electron chi connectivity index (χ1n) is 4.91. The summed E-state index contributed by atoms with van der Waals surface area (Å²) in [6.45, 7) is 4.08. The highest BCUT2D eigenvalue weighted by molar-refractivity contribution is 5.94. The molecule has 0 bridgehead atoms. The van der Waals surface area contributed by atoms with Crippen LogP contribution in [0.2, 0.25) is 0 Å². The number of hydrogen-bond acceptors (Lipinski definition) is 3. The van der Waals surface area contributed by atoms with Gasteiger partial charge in [0.2, 0.25) is 0 Å². The van der Waals surface area contributed by atoms with E-state index in [9.17, 15) is 4.79 Å². The standard InChI is InChI=1S/C11H16N2O2/c1-3-15-8(2)11(14)13-10-6-4-5-9(12)7-10/h4-8H,3,12H2,1-2H3,(H,13,14). The van der Waals surface area contributed by atoms with E-state index in [1.165, 1.54) is 0 Å². The summed E-state index contributed by atoms with van der Waals surface area (Å²) in [6, 6.07) is 7.04. The molecule has 0 aromatic heterocycles. The molecule has 1 atom stereocenters. The van der Waals surface area contributed by atoms with Crippen LogP contribution in [0.25, 0.3) is 0 Å². The molecule has 0 fully saturated rings. The lowest BCUT2D eigenvalue weighted by Gasteiger charge is -2.12. The molecule has 1 aromatic carbocycles. The van der Waals surface area contributed by atoms with E-state index in [1.54, 1.807) is 31.2 Å². The van der Waals surface area contributed by atoms with Crippen LogP contribution in [0.3, 0.4) is 0 Å². The van der Waals surface area contributed by atoms with Gasteiger partial charge in [-0.25, -0.2) is 0 Å². The molecule has 82 valence electrons. The number of carbonyl (C=O) groups excluding carboxylic acids is 1. The lowest BCUT2D eigenvalue weighted by atomic mass is 10.2. The quantitative estimate of drug-likeness (QED) is 0.739. The van der Waals surface area contributed by atoms with E-state index in [0.717, 1.165) is 0 Å². The van der Waals surface area contributed by atoms with E-state index >= 15 is 0 Å². The van der Waals surface area contributed by atoms with Crippen LogP contribution in [0.4, 0.5) is 11.4 Å². The lowest BCUT2D eigenvalue weighted by Crippen LogP contribution is -2.27. The molecule has 0 heterocycles. The summed E-state index contributed by atoms with van der Waals surface area (Å²) in [7, 11) is 0. The van der Waals surface area contributed by atoms with Gasteiger partial charge >= 0.3 is 0 Å². The van der Waals surface area contributed by atoms with Gasteiger partial charge in [-0.2, -0.15) is 0 Å². The number of anilines is 2. The van der Waals surface area contributed by atoms with E-state index in [4.69, 9.17) is 10.5 Å². The molecule has 1 rings (SSSR count). The van der Waals surface area contributed by atoms with Crippen LogP contribution in [-0.2, 0) is 9.53 Å². The molecule has 0 spiro atoms. The van der Waals surface area contributed by atoms with Gasteiger partial charge in [0.15, 0.2) is 0 Å². The topological polar surface area (TPSA) is 64.3 Å². The van der Waals surface area contributed by atoms with Gasteiger partial charge in [0.1, 0.15) is 6.10 Å². The Morgan fingerprint density at radius 3 is 2.93 bits per heavy atom. The predicted octanol–water partition coefficient (Wildman–Crippen LogP) is 1.63. The summed E-state index contributed by atoms with van der Waals surface area (Å²) < 4.78 is 5.16. The summed E-state index contributed by atoms with van der Waals surface area (Å²) in [5, 5.41) is 2.72. The van der Waals surface area contributed by atoms with Crippen molar-refractivity contribution in [3.8, 4) is 0 Å². The van der Waals surface area contributed by atoms with Crippen LogP contribution in [0.5, 0.6) is 0 Å². The van der Waals surface area contributed by atoms with Crippen molar-refractivity contribution in [2.75, 3.05) is 17.7 Å². The fraction of sp³-hybridized carbons (Fsp3) is 0.364. The second-order valence-electron chi connectivity index (χ2n) is 3.21. The second kappa shape index (κ2) is 5.36. The Balaban J connectivity index is 2.58. The fourth-order valence-corrected chi connectivity index (χ4v) is 1.19. The minimum Gasteiger partial charge on any atom is -0.399 e. The molecule has 4 nitrogen and oxygen atoms in total. The Kier molecular flexibility index (Phi) is 4.12. The van der Waals surface area contributed by atoms with Gasteiger partial charge in [0.05, 0.1) is 0 Å². The first-order chi connectivity index (χ1) is 7.13. The van der Waals surface area contributed by atoms with Crippen LogP contribution in [-0.4, -0.2) is 18.6 Å². The Hall–Kier alpha value is -1.55. The van der Waals surface area contributed by atoms with E-state index in [-0.39, 0.29) is 5.91 Å². The van der Waals surface area contributed by atoms with Crippen molar-refractivity contribution >= 4 is 17.3 Å². The largest absolute Gasteiger partial charge is 0.399 e. The fourth-order valence-electron chi connectivity index (χ4n) is 1.19. The number of nitrogens with two attached hydrogens (primary N) is 1. The first-order valence-corrected chi connectivity index (χ1v) is 4.91. The zero-order valence-corrected chi connectivity index (χ0v) is 8.99. The van der Waals surface area contributed by atoms with Gasteiger partial charge in [-0.05, 0) is 32.0 Å². The maximum absolute atomic E-state index is 11.5. The molecule has 1 amide bonds. The van der Waals surface area contributed by atoms with Gasteiger partial charge in [-0.1, -0.05) is 6.07 Å². The van der Waals surface area contributed by atoms with Crippen LogP contribution in [0, 0.1) is 0 Å². The van der Waals surface area contributed by atoms with Crippen molar-refractivity contribution in [1.29, 1.82) is 0 Å². The van der Waals surface area contributed by atoms with Gasteiger partial charge in [-0.3, -0.25) is 4.79 Å². The van der Waals surface area contributed by atoms with Gasteiger partial charge in [-0.15, -0.1) is 0 Å². The summed E-state index contributed by atoms with van der Waals surface area (Å²) in [4.78, 5) is 11.5. The Morgan fingerprint density at radius 1 is 1.60 bits per heavy atom. The average Bonchev–Trinajstić information content (AvgIpc) is 2.18. The molecule has 0 aliphatic rings. The minimum absolute atomic E-state index is 0.164. The second-order valence-corrected chi connectivity index (χ2v) is 3.21. The maximum Gasteiger partial charge on any atom is 0.253 e. The summed E-state index contributed by atoms with van der Waals surface area (Å²) in [6.07, 6.45) is -0.448. The van der Waals surface area contributed by atoms with Gasteiger partial charge in [0, 0.05) is 18.0 Å². The third-order valence-corrected chi connectivity index (χ3v) is 1.94. The van der Waals surface area contributed by atoms with Gasteiger partial charge < -0.3 is 15.8 Å². The van der Waals surface area contributed by atoms with E-state index in [2.05, 4.69) is 5.32 Å². The number of ether oxygens (including phenoxy) is 1. The highest BCUT2D eigenvalue weighted by atomic mass is 16.5. The molecule has 0 aliphatic carbocycles. The molecule has 1 aromatic rings. The number of carbonyl (C=O) groups is 1. The number of benzene rings is 1. The number of nitrogen functional groups attached to an aromatic ring is 1. The van der Waals surface area contributed by atoms with E-state index < -0.39 is 6.10 Å². The zero-order chi connectivity index (χ0) is 11.3. The van der Waals surface area contributed by atoms with Crippen molar-refractivity contribution < 1.29 is 9.53 Å². The molecule has 15 heavy (non-hydrogen) atoms. The molecule has 1 unspecified atom stereocenters. The highest BCUT2D eigenvalue weighted by Gasteiger charge is 2.12. The van der Waals surface area contributed by atoms with Crippen LogP contribution < -0.4 is 11.1 Å². The summed E-state index contributed by atoms with van der Waals surface area (Å²) in [5.74, 6) is -0.164. The normalized spacial score (nSPS) is 12.1. The molecule has 0 radical (unpaired) electrons. The Bertz CT molecular complexity index is 339. The molecule has 4 heteroatoms. The molecular formula is C11H16N2O2. The number of rotatable bonds is 4. The minimum atomic E-state index is -0.448. The third-order valence-electron chi connectivity index (χ3n) is 1.94. The van der Waals surface area contributed by atoms with E-state index in [1.807, 2.05) is 6.92 Å². The monoisotopic (exact) mass is 208 g/mol. The molecule has 0 saturated carbocycles. The molecule has 0 aliphatic heterocycles. The van der Waals surface area contributed by atoms with Crippen LogP contribution >= 0.6 is 0 Å². The van der Waals surface area contributed by atoms with Gasteiger partial charge in [0.25, 0.3) is 5.91 Å². The maximum atomic E-state index is 11.5. The van der Waals surface area contributed by atoms with Crippen molar-refractivity contribution in [1.82, 2.24) is 0 Å². The molecule has 3 N–H and O–H groups in total. The third kappa shape index (κ3) is 3.59. The van der Waals surface area contributed by atoms with Crippen LogP contribution in [0.1, 0.15) is 13.8 Å². The number of amides is 1. The van der Waals surface area contributed by atoms with Crippen molar-refractivity contribution in [2.45, 2.75) is 20.0 Å². The van der Waals surface area contributed by atoms with Crippen molar-refractivity contribution in [2.24, 2.45) is 0 Å². The Morgan fingerprint density at radius 2 is 2.33 bits per heavy atom. The van der Waals surface area contributed by atoms with Crippen LogP contribution in [0.15, 0.2) is 24.3 Å². The average molecular weight is 208 g/mol. The Labute approximate surface area is 89.4 Å². The van der Waals surface area contributed by atoms with E-state index in [0.29, 0.717) is 18.0 Å².